The summed E-state index contributed by atoms with van der Waals surface area (Å²) in [5.74, 6) is -0.560. The molecule has 0 fully saturated rings. The number of nitrogens with zero attached hydrogens (tertiary/aromatic N) is 1. The number of esters is 2. The molecule has 0 aromatic heterocycles. The summed E-state index contributed by atoms with van der Waals surface area (Å²) >= 11 is 0. The van der Waals surface area contributed by atoms with Crippen LogP contribution in [0.25, 0.3) is 0 Å². The average molecular weight is 259 g/mol. The molecule has 0 N–H and O–H groups in total. The molecule has 0 saturated carbocycles. The quantitative estimate of drug-likeness (QED) is 0.589. The van der Waals surface area contributed by atoms with E-state index in [4.69, 9.17) is 9.47 Å². The maximum Gasteiger partial charge on any atom is 0.323 e. The Hall–Kier alpha value is -1.10. The maximum atomic E-state index is 11.9. The van der Waals surface area contributed by atoms with E-state index >= 15 is 0 Å². The highest BCUT2D eigenvalue weighted by atomic mass is 16.5. The SMILES string of the molecule is CCCC(C(=O)OCC)N(CC)CC(=O)OCC. The molecule has 106 valence electrons. The smallest absolute Gasteiger partial charge is 0.323 e. The van der Waals surface area contributed by atoms with Crippen molar-refractivity contribution in [2.75, 3.05) is 26.3 Å². The summed E-state index contributed by atoms with van der Waals surface area (Å²) in [7, 11) is 0. The lowest BCUT2D eigenvalue weighted by molar-refractivity contribution is -0.153. The molecule has 0 rings (SSSR count). The number of rotatable bonds is 9. The Kier molecular flexibility index (Phi) is 9.28. The van der Waals surface area contributed by atoms with E-state index < -0.39 is 0 Å². The highest BCUT2D eigenvalue weighted by Gasteiger charge is 2.27. The molecule has 0 amide bonds. The van der Waals surface area contributed by atoms with Crippen LogP contribution in [0.1, 0.15) is 40.5 Å². The molecule has 0 aliphatic carbocycles. The molecule has 0 radical (unpaired) electrons. The van der Waals surface area contributed by atoms with E-state index in [9.17, 15) is 9.59 Å². The molecule has 5 nitrogen and oxygen atoms in total. The van der Waals surface area contributed by atoms with Gasteiger partial charge in [-0.2, -0.15) is 0 Å². The maximum absolute atomic E-state index is 11.9. The molecule has 1 atom stereocenters. The molecule has 18 heavy (non-hydrogen) atoms. The van der Waals surface area contributed by atoms with Crippen LogP contribution >= 0.6 is 0 Å². The van der Waals surface area contributed by atoms with E-state index in [1.54, 1.807) is 18.7 Å². The van der Waals surface area contributed by atoms with Crippen molar-refractivity contribution in [3.8, 4) is 0 Å². The van der Waals surface area contributed by atoms with Gasteiger partial charge in [0.05, 0.1) is 19.8 Å². The van der Waals surface area contributed by atoms with Crippen molar-refractivity contribution in [2.24, 2.45) is 0 Å². The van der Waals surface area contributed by atoms with E-state index in [0.29, 0.717) is 26.2 Å². The molecule has 0 heterocycles. The summed E-state index contributed by atoms with van der Waals surface area (Å²) in [6, 6.07) is -0.357. The minimum Gasteiger partial charge on any atom is -0.465 e. The predicted molar refractivity (Wildman–Crippen MR) is 69.2 cm³/mol. The van der Waals surface area contributed by atoms with E-state index in [-0.39, 0.29) is 24.5 Å². The third-order valence-corrected chi connectivity index (χ3v) is 2.61. The molecule has 0 aliphatic heterocycles. The van der Waals surface area contributed by atoms with Crippen molar-refractivity contribution >= 4 is 11.9 Å². The Morgan fingerprint density at radius 2 is 1.67 bits per heavy atom. The summed E-state index contributed by atoms with van der Waals surface area (Å²) in [4.78, 5) is 25.1. The second kappa shape index (κ2) is 9.88. The number of carbonyl (C=O) groups is 2. The fraction of sp³-hybridized carbons (Fsp3) is 0.846. The predicted octanol–water partition coefficient (Wildman–Crippen LogP) is 1.60. The standard InChI is InChI=1S/C13H25NO4/c1-5-9-11(13(16)18-8-4)14(6-2)10-12(15)17-7-3/h11H,5-10H2,1-4H3. The Morgan fingerprint density at radius 3 is 2.11 bits per heavy atom. The lowest BCUT2D eigenvalue weighted by Crippen LogP contribution is -2.45. The number of hydrogen-bond donors (Lipinski definition) is 0. The second-order valence-electron chi connectivity index (χ2n) is 3.92. The first-order valence-corrected chi connectivity index (χ1v) is 6.66. The molecule has 0 aliphatic rings. The van der Waals surface area contributed by atoms with Gasteiger partial charge in [0.2, 0.25) is 0 Å². The van der Waals surface area contributed by atoms with Gasteiger partial charge >= 0.3 is 11.9 Å². The van der Waals surface area contributed by atoms with Gasteiger partial charge in [0, 0.05) is 0 Å². The zero-order valence-electron chi connectivity index (χ0n) is 11.9. The number of carbonyl (C=O) groups excluding carboxylic acids is 2. The van der Waals surface area contributed by atoms with Gasteiger partial charge in [0.1, 0.15) is 6.04 Å². The minimum atomic E-state index is -0.357. The van der Waals surface area contributed by atoms with Crippen LogP contribution in [0.4, 0.5) is 0 Å². The third-order valence-electron chi connectivity index (χ3n) is 2.61. The topological polar surface area (TPSA) is 55.8 Å². The largest absolute Gasteiger partial charge is 0.465 e. The lowest BCUT2D eigenvalue weighted by Gasteiger charge is -2.27. The summed E-state index contributed by atoms with van der Waals surface area (Å²) in [6.45, 7) is 8.93. The van der Waals surface area contributed by atoms with Crippen molar-refractivity contribution in [3.63, 3.8) is 0 Å². The molecule has 0 saturated heterocycles. The van der Waals surface area contributed by atoms with Crippen molar-refractivity contribution in [3.05, 3.63) is 0 Å². The van der Waals surface area contributed by atoms with Crippen LogP contribution in [0.5, 0.6) is 0 Å². The van der Waals surface area contributed by atoms with E-state index in [1.807, 2.05) is 13.8 Å². The van der Waals surface area contributed by atoms with Gasteiger partial charge in [-0.3, -0.25) is 14.5 Å². The highest BCUT2D eigenvalue weighted by Crippen LogP contribution is 2.09. The van der Waals surface area contributed by atoms with Crippen LogP contribution in [0, 0.1) is 0 Å². The van der Waals surface area contributed by atoms with Crippen molar-refractivity contribution in [1.82, 2.24) is 4.90 Å². The van der Waals surface area contributed by atoms with Crippen LogP contribution in [0.15, 0.2) is 0 Å². The van der Waals surface area contributed by atoms with Crippen LogP contribution in [-0.4, -0.2) is 49.2 Å². The van der Waals surface area contributed by atoms with Gasteiger partial charge < -0.3 is 9.47 Å². The number of ether oxygens (including phenoxy) is 2. The Morgan fingerprint density at radius 1 is 1.06 bits per heavy atom. The van der Waals surface area contributed by atoms with Crippen LogP contribution in [0.2, 0.25) is 0 Å². The average Bonchev–Trinajstić information content (AvgIpc) is 2.34. The fourth-order valence-corrected chi connectivity index (χ4v) is 1.78. The number of hydrogen-bond acceptors (Lipinski definition) is 5. The highest BCUT2D eigenvalue weighted by molar-refractivity contribution is 5.77. The van der Waals surface area contributed by atoms with Gasteiger partial charge in [0.15, 0.2) is 0 Å². The zero-order valence-corrected chi connectivity index (χ0v) is 11.9. The second-order valence-corrected chi connectivity index (χ2v) is 3.92. The first-order valence-electron chi connectivity index (χ1n) is 6.66. The summed E-state index contributed by atoms with van der Waals surface area (Å²) in [6.07, 6.45) is 1.55. The number of likely N-dealkylation sites (N-methyl/N-ethyl adjacent to an activating group) is 1. The molecule has 0 spiro atoms. The molecule has 0 aromatic rings. The van der Waals surface area contributed by atoms with E-state index in [1.165, 1.54) is 0 Å². The molecule has 0 aromatic carbocycles. The fourth-order valence-electron chi connectivity index (χ4n) is 1.78. The molecule has 5 heteroatoms. The minimum absolute atomic E-state index is 0.133. The van der Waals surface area contributed by atoms with Gasteiger partial charge in [-0.05, 0) is 26.8 Å². The van der Waals surface area contributed by atoms with E-state index in [2.05, 4.69) is 0 Å². The van der Waals surface area contributed by atoms with Crippen molar-refractivity contribution in [2.45, 2.75) is 46.6 Å². The van der Waals surface area contributed by atoms with Crippen LogP contribution < -0.4 is 0 Å². The summed E-state index contributed by atoms with van der Waals surface area (Å²) in [5, 5.41) is 0. The van der Waals surface area contributed by atoms with Gasteiger partial charge in [-0.15, -0.1) is 0 Å². The summed E-state index contributed by atoms with van der Waals surface area (Å²) < 4.78 is 9.96. The molecular formula is C13H25NO4. The lowest BCUT2D eigenvalue weighted by atomic mass is 10.1. The molecule has 0 bridgehead atoms. The Balaban J connectivity index is 4.60. The first-order chi connectivity index (χ1) is 8.60. The molecular weight excluding hydrogens is 234 g/mol. The van der Waals surface area contributed by atoms with Gasteiger partial charge in [-0.25, -0.2) is 0 Å². The normalized spacial score (nSPS) is 12.3. The monoisotopic (exact) mass is 259 g/mol. The molecule has 1 unspecified atom stereocenters. The van der Waals surface area contributed by atoms with Gasteiger partial charge in [-0.1, -0.05) is 20.3 Å². The van der Waals surface area contributed by atoms with Crippen LogP contribution in [-0.2, 0) is 19.1 Å². The summed E-state index contributed by atoms with van der Waals surface area (Å²) in [5.41, 5.74) is 0. The zero-order chi connectivity index (χ0) is 14.0. The Bertz CT molecular complexity index is 255. The van der Waals surface area contributed by atoms with Crippen molar-refractivity contribution in [1.29, 1.82) is 0 Å². The third kappa shape index (κ3) is 6.00. The van der Waals surface area contributed by atoms with E-state index in [0.717, 1.165) is 6.42 Å². The first kappa shape index (κ1) is 16.9. The van der Waals surface area contributed by atoms with Crippen molar-refractivity contribution < 1.29 is 19.1 Å². The van der Waals surface area contributed by atoms with Crippen LogP contribution in [0.3, 0.4) is 0 Å². The Labute approximate surface area is 109 Å². The van der Waals surface area contributed by atoms with Gasteiger partial charge in [0.25, 0.3) is 0 Å².